The number of aldehydes is 1. The average Bonchev–Trinajstić information content (AvgIpc) is 2.62. The molecule has 25 heavy (non-hydrogen) atoms. The number of likely N-dealkylation sites (N-methyl/N-ethyl adjacent to an activating group) is 1. The number of methoxy groups -OCH3 is 1. The zero-order valence-corrected chi connectivity index (χ0v) is 16.1. The van der Waals surface area contributed by atoms with E-state index in [0.29, 0.717) is 13.2 Å². The van der Waals surface area contributed by atoms with Crippen LogP contribution in [0, 0.1) is 0 Å². The molecule has 0 fully saturated rings. The maximum Gasteiger partial charge on any atom is 0.145 e. The molecular weight excluding hydrogens is 318 g/mol. The van der Waals surface area contributed by atoms with Gasteiger partial charge in [-0.25, -0.2) is 0 Å². The van der Waals surface area contributed by atoms with Gasteiger partial charge in [0.15, 0.2) is 0 Å². The van der Waals surface area contributed by atoms with E-state index >= 15 is 0 Å². The van der Waals surface area contributed by atoms with Crippen molar-refractivity contribution in [3.63, 3.8) is 0 Å². The molecule has 0 radical (unpaired) electrons. The number of nitrogens with zero attached hydrogens (tertiary/aromatic N) is 1. The molecule has 0 saturated heterocycles. The molecule has 3 unspecified atom stereocenters. The van der Waals surface area contributed by atoms with Crippen LogP contribution in [0.15, 0.2) is 30.3 Å². The summed E-state index contributed by atoms with van der Waals surface area (Å²) in [5.74, 6) is 0. The summed E-state index contributed by atoms with van der Waals surface area (Å²) in [7, 11) is 3.95. The molecule has 1 aromatic rings. The molecule has 0 spiro atoms. The highest BCUT2D eigenvalue weighted by atomic mass is 16.5. The third-order valence-electron chi connectivity index (χ3n) is 4.46. The van der Waals surface area contributed by atoms with E-state index in [2.05, 4.69) is 31.3 Å². The lowest BCUT2D eigenvalue weighted by Gasteiger charge is -2.35. The standard InChI is InChI=1S/C20H34NO4/c1-18(25-15-13-22)10-11-21(3,12-14-24-17-19(2)23-4)16-20-8-6-5-7-9-20/h5-9,13,18-19H,10-12,14-17H2,1-4H3/q+1. The smallest absolute Gasteiger partial charge is 0.145 e. The Morgan fingerprint density at radius 3 is 2.48 bits per heavy atom. The second kappa shape index (κ2) is 12.1. The van der Waals surface area contributed by atoms with Crippen molar-refractivity contribution in [2.75, 3.05) is 47.1 Å². The summed E-state index contributed by atoms with van der Waals surface area (Å²) >= 11 is 0. The van der Waals surface area contributed by atoms with Gasteiger partial charge in [0.2, 0.25) is 0 Å². The molecular formula is C20H34NO4+. The molecule has 0 aromatic heterocycles. The molecule has 0 amide bonds. The number of hydrogen-bond acceptors (Lipinski definition) is 4. The minimum absolute atomic E-state index is 0.0767. The first-order valence-corrected chi connectivity index (χ1v) is 9.02. The number of benzene rings is 1. The van der Waals surface area contributed by atoms with Gasteiger partial charge < -0.3 is 23.5 Å². The molecule has 0 aliphatic rings. The lowest BCUT2D eigenvalue weighted by molar-refractivity contribution is -0.923. The van der Waals surface area contributed by atoms with Crippen molar-refractivity contribution in [2.45, 2.75) is 39.0 Å². The van der Waals surface area contributed by atoms with Crippen LogP contribution in [0.1, 0.15) is 25.8 Å². The zero-order valence-electron chi connectivity index (χ0n) is 16.1. The van der Waals surface area contributed by atoms with Crippen molar-refractivity contribution in [3.05, 3.63) is 35.9 Å². The van der Waals surface area contributed by atoms with Gasteiger partial charge >= 0.3 is 0 Å². The van der Waals surface area contributed by atoms with E-state index in [1.54, 1.807) is 7.11 Å². The van der Waals surface area contributed by atoms with E-state index in [-0.39, 0.29) is 18.8 Å². The summed E-state index contributed by atoms with van der Waals surface area (Å²) in [5.41, 5.74) is 1.32. The minimum Gasteiger partial charge on any atom is -0.379 e. The van der Waals surface area contributed by atoms with Crippen molar-refractivity contribution in [3.8, 4) is 0 Å². The molecule has 5 nitrogen and oxygen atoms in total. The Bertz CT molecular complexity index is 468. The summed E-state index contributed by atoms with van der Waals surface area (Å²) in [6, 6.07) is 10.5. The van der Waals surface area contributed by atoms with E-state index in [1.165, 1.54) is 5.56 Å². The Morgan fingerprint density at radius 1 is 1.12 bits per heavy atom. The monoisotopic (exact) mass is 352 g/mol. The first-order chi connectivity index (χ1) is 12.0. The molecule has 0 heterocycles. The van der Waals surface area contributed by atoms with Gasteiger partial charge in [0.05, 0.1) is 39.0 Å². The Morgan fingerprint density at radius 2 is 1.84 bits per heavy atom. The summed E-state index contributed by atoms with van der Waals surface area (Å²) in [4.78, 5) is 10.5. The van der Waals surface area contributed by atoms with Crippen molar-refractivity contribution in [1.29, 1.82) is 0 Å². The second-order valence-corrected chi connectivity index (χ2v) is 6.93. The van der Waals surface area contributed by atoms with Crippen molar-refractivity contribution in [1.82, 2.24) is 0 Å². The van der Waals surface area contributed by atoms with Crippen molar-refractivity contribution >= 4 is 6.29 Å². The van der Waals surface area contributed by atoms with E-state index in [4.69, 9.17) is 14.2 Å². The first kappa shape index (κ1) is 21.8. The predicted molar refractivity (Wildman–Crippen MR) is 99.4 cm³/mol. The molecule has 142 valence electrons. The largest absolute Gasteiger partial charge is 0.379 e. The third kappa shape index (κ3) is 9.70. The summed E-state index contributed by atoms with van der Waals surface area (Å²) < 4.78 is 17.4. The van der Waals surface area contributed by atoms with Gasteiger partial charge in [-0.15, -0.1) is 0 Å². The van der Waals surface area contributed by atoms with Crippen molar-refractivity contribution in [2.24, 2.45) is 0 Å². The van der Waals surface area contributed by atoms with E-state index < -0.39 is 0 Å². The molecule has 1 rings (SSSR count). The molecule has 3 atom stereocenters. The number of carbonyl (C=O) groups excluding carboxylic acids is 1. The second-order valence-electron chi connectivity index (χ2n) is 6.93. The van der Waals surface area contributed by atoms with E-state index in [0.717, 1.165) is 36.8 Å². The van der Waals surface area contributed by atoms with Gasteiger partial charge in [0.25, 0.3) is 0 Å². The zero-order chi connectivity index (χ0) is 18.5. The lowest BCUT2D eigenvalue weighted by Crippen LogP contribution is -2.47. The highest BCUT2D eigenvalue weighted by Gasteiger charge is 2.23. The highest BCUT2D eigenvalue weighted by molar-refractivity contribution is 5.50. The van der Waals surface area contributed by atoms with Crippen LogP contribution >= 0.6 is 0 Å². The number of carbonyl (C=O) groups is 1. The van der Waals surface area contributed by atoms with Crippen molar-refractivity contribution < 1.29 is 23.5 Å². The van der Waals surface area contributed by atoms with Crippen LogP contribution in [0.3, 0.4) is 0 Å². The van der Waals surface area contributed by atoms with Crippen LogP contribution in [0.4, 0.5) is 0 Å². The SMILES string of the molecule is COC(C)COCC[N+](C)(CCC(C)OCC=O)Cc1ccccc1. The van der Waals surface area contributed by atoms with Gasteiger partial charge in [-0.05, 0) is 13.8 Å². The lowest BCUT2D eigenvalue weighted by atomic mass is 10.1. The van der Waals surface area contributed by atoms with Gasteiger partial charge in [0, 0.05) is 19.1 Å². The van der Waals surface area contributed by atoms with Crippen LogP contribution in [-0.4, -0.2) is 70.0 Å². The summed E-state index contributed by atoms with van der Waals surface area (Å²) in [5, 5.41) is 0. The van der Waals surface area contributed by atoms with Crippen LogP contribution in [0.5, 0.6) is 0 Å². The number of quaternary nitrogens is 1. The predicted octanol–water partition coefficient (Wildman–Crippen LogP) is 2.68. The Balaban J connectivity index is 2.57. The topological polar surface area (TPSA) is 44.8 Å². The fourth-order valence-corrected chi connectivity index (χ4v) is 2.68. The van der Waals surface area contributed by atoms with Crippen LogP contribution in [0.2, 0.25) is 0 Å². The van der Waals surface area contributed by atoms with E-state index in [9.17, 15) is 4.79 Å². The Labute approximate surface area is 152 Å². The first-order valence-electron chi connectivity index (χ1n) is 9.02. The molecule has 0 aliphatic carbocycles. The number of hydrogen-bond donors (Lipinski definition) is 0. The van der Waals surface area contributed by atoms with E-state index in [1.807, 2.05) is 19.9 Å². The van der Waals surface area contributed by atoms with Gasteiger partial charge in [-0.2, -0.15) is 0 Å². The Hall–Kier alpha value is -1.27. The third-order valence-corrected chi connectivity index (χ3v) is 4.46. The normalized spacial score (nSPS) is 16.2. The average molecular weight is 352 g/mol. The molecule has 0 bridgehead atoms. The molecule has 5 heteroatoms. The Kier molecular flexibility index (Phi) is 10.6. The van der Waals surface area contributed by atoms with Gasteiger partial charge in [0.1, 0.15) is 26.0 Å². The fourth-order valence-electron chi connectivity index (χ4n) is 2.68. The highest BCUT2D eigenvalue weighted by Crippen LogP contribution is 2.14. The maximum atomic E-state index is 10.5. The van der Waals surface area contributed by atoms with Crippen LogP contribution in [-0.2, 0) is 25.5 Å². The number of rotatable bonds is 14. The number of ether oxygens (including phenoxy) is 3. The fraction of sp³-hybridized carbons (Fsp3) is 0.650. The molecule has 0 aliphatic heterocycles. The van der Waals surface area contributed by atoms with Gasteiger partial charge in [-0.3, -0.25) is 0 Å². The minimum atomic E-state index is 0.0767. The van der Waals surface area contributed by atoms with Crippen LogP contribution < -0.4 is 0 Å². The molecule has 0 saturated carbocycles. The quantitative estimate of drug-likeness (QED) is 0.293. The molecule has 0 N–H and O–H groups in total. The van der Waals surface area contributed by atoms with Gasteiger partial charge in [-0.1, -0.05) is 30.3 Å². The summed E-state index contributed by atoms with van der Waals surface area (Å²) in [6.07, 6.45) is 1.91. The maximum absolute atomic E-state index is 10.5. The summed E-state index contributed by atoms with van der Waals surface area (Å²) in [6.45, 7) is 8.34. The van der Waals surface area contributed by atoms with Crippen LogP contribution in [0.25, 0.3) is 0 Å². The molecule has 1 aromatic carbocycles.